The van der Waals surface area contributed by atoms with E-state index in [4.69, 9.17) is 0 Å². The normalized spacial score (nSPS) is 15.7. The van der Waals surface area contributed by atoms with Crippen LogP contribution < -0.4 is 0 Å². The van der Waals surface area contributed by atoms with Crippen LogP contribution in [0.25, 0.3) is 22.0 Å². The summed E-state index contributed by atoms with van der Waals surface area (Å²) in [5.41, 5.74) is 2.72. The van der Waals surface area contributed by atoms with Gasteiger partial charge in [0.05, 0.1) is 20.4 Å². The van der Waals surface area contributed by atoms with Crippen LogP contribution in [0.5, 0.6) is 0 Å². The summed E-state index contributed by atoms with van der Waals surface area (Å²) in [6.45, 7) is 3.27. The van der Waals surface area contributed by atoms with E-state index in [1.54, 1.807) is 62.5 Å². The van der Waals surface area contributed by atoms with Crippen LogP contribution in [0, 0.1) is 0 Å². The topological polar surface area (TPSA) is 115 Å². The van der Waals surface area contributed by atoms with Gasteiger partial charge in [-0.15, -0.1) is 11.6 Å². The molecule has 1 saturated carbocycles. The number of hydrogen-bond acceptors (Lipinski definition) is 7. The summed E-state index contributed by atoms with van der Waals surface area (Å²) in [6, 6.07) is 18.9. The summed E-state index contributed by atoms with van der Waals surface area (Å²) in [4.78, 5) is 4.49. The first kappa shape index (κ1) is 34.0. The van der Waals surface area contributed by atoms with E-state index in [0.29, 0.717) is 40.6 Å². The molecule has 44 heavy (non-hydrogen) atoms. The summed E-state index contributed by atoms with van der Waals surface area (Å²) >= 11 is 4.64. The molecule has 1 atom stereocenters. The molecule has 3 aromatic carbocycles. The molecule has 0 amide bonds. The third-order valence-electron chi connectivity index (χ3n) is 8.12. The van der Waals surface area contributed by atoms with E-state index in [2.05, 4.69) is 16.6 Å². The Morgan fingerprint density at radius 1 is 0.841 bits per heavy atom. The molecule has 1 aliphatic carbocycles. The maximum atomic E-state index is 17.0. The molecule has 1 aromatic heterocycles. The molecule has 7 nitrogen and oxygen atoms in total. The Hall–Kier alpha value is -2.86. The predicted octanol–water partition coefficient (Wildman–Crippen LogP) is 6.38. The van der Waals surface area contributed by atoms with Gasteiger partial charge in [0.15, 0.2) is 29.5 Å². The number of halogens is 2. The second-order valence-electron chi connectivity index (χ2n) is 11.5. The van der Waals surface area contributed by atoms with Crippen LogP contribution in [0.1, 0.15) is 43.4 Å². The van der Waals surface area contributed by atoms with Crippen molar-refractivity contribution in [3.8, 4) is 11.1 Å². The van der Waals surface area contributed by atoms with Crippen molar-refractivity contribution in [1.82, 2.24) is 4.98 Å². The minimum absolute atomic E-state index is 0.0318. The molecule has 12 heteroatoms. The lowest BCUT2D eigenvalue weighted by Gasteiger charge is -2.27. The fourth-order valence-electron chi connectivity index (χ4n) is 5.05. The molecule has 1 fully saturated rings. The van der Waals surface area contributed by atoms with Crippen molar-refractivity contribution in [3.05, 3.63) is 95.7 Å². The Kier molecular flexibility index (Phi) is 9.39. The van der Waals surface area contributed by atoms with Gasteiger partial charge in [0.2, 0.25) is 5.00 Å². The van der Waals surface area contributed by atoms with Gasteiger partial charge in [0.1, 0.15) is 0 Å². The maximum Gasteiger partial charge on any atom is 0.239 e. The van der Waals surface area contributed by atoms with Crippen LogP contribution in [0.3, 0.4) is 0 Å². The number of pyridine rings is 1. The number of hydrogen-bond donors (Lipinski definition) is 0. The average molecular weight is 680 g/mol. The lowest BCUT2D eigenvalue weighted by molar-refractivity contribution is 0.269. The van der Waals surface area contributed by atoms with Crippen molar-refractivity contribution in [3.63, 3.8) is 0 Å². The minimum Gasteiger partial charge on any atom is -0.256 e. The molecular weight excluding hydrogens is 645 g/mol. The van der Waals surface area contributed by atoms with Crippen molar-refractivity contribution >= 4 is 52.0 Å². The van der Waals surface area contributed by atoms with E-state index >= 15 is 4.39 Å². The Morgan fingerprint density at radius 3 is 2.05 bits per heavy atom. The molecule has 0 aliphatic heterocycles. The molecule has 236 valence electrons. The van der Waals surface area contributed by atoms with E-state index in [1.807, 2.05) is 6.07 Å². The van der Waals surface area contributed by atoms with E-state index < -0.39 is 50.9 Å². The Bertz CT molecular complexity index is 2030. The van der Waals surface area contributed by atoms with Crippen molar-refractivity contribution < 1.29 is 29.6 Å². The molecule has 5 rings (SSSR count). The third kappa shape index (κ3) is 6.42. The van der Waals surface area contributed by atoms with Crippen molar-refractivity contribution in [2.75, 3.05) is 18.9 Å². The fourth-order valence-corrected chi connectivity index (χ4v) is 8.34. The lowest BCUT2D eigenvalue weighted by atomic mass is 9.92. The zero-order valence-corrected chi connectivity index (χ0v) is 28.3. The van der Waals surface area contributed by atoms with Crippen LogP contribution >= 0.6 is 11.6 Å². The number of rotatable bonds is 9. The molecule has 0 saturated heterocycles. The number of nitrogens with zero attached hydrogens (tertiary/aromatic N) is 1. The summed E-state index contributed by atoms with van der Waals surface area (Å²) in [6.07, 6.45) is 5.57. The van der Waals surface area contributed by atoms with E-state index in [-0.39, 0.29) is 10.5 Å². The second-order valence-corrected chi connectivity index (χ2v) is 18.5. The standard InChI is InChI=1S/C31H32FNO6S3.CH3Cl/c1-30(2,41(4,36)37)25-18-23-9-6-16-33-29(23)28(19-25)22-8-5-7-21(17-22)20-31(32,42(38,39)27-14-15-27)24-10-12-26(13-11-24)40(3,34)35;1-2/h5-13,16-19,27H,14-15,20H2,1-4H3;1H3. The molecular formula is C32H35ClFNO6S3. The van der Waals surface area contributed by atoms with Gasteiger partial charge in [-0.25, -0.2) is 29.6 Å². The molecule has 1 aliphatic rings. The van der Waals surface area contributed by atoms with Crippen molar-refractivity contribution in [1.29, 1.82) is 0 Å². The molecule has 0 spiro atoms. The molecule has 0 N–H and O–H groups in total. The number of fused-ring (bicyclic) bond motifs is 1. The summed E-state index contributed by atoms with van der Waals surface area (Å²) in [5.74, 6) is 0. The van der Waals surface area contributed by atoms with Gasteiger partial charge < -0.3 is 0 Å². The SMILES string of the molecule is CC(C)(c1cc(-c2cccc(CC(F)(c3ccc(S(C)(=O)=O)cc3)S(=O)(=O)C3CC3)c2)c2ncccc2c1)S(C)(=O)=O.CCl. The molecule has 1 heterocycles. The number of alkyl halides is 2. The number of sulfone groups is 3. The number of benzene rings is 3. The smallest absolute Gasteiger partial charge is 0.239 e. The lowest BCUT2D eigenvalue weighted by Crippen LogP contribution is -2.36. The summed E-state index contributed by atoms with van der Waals surface area (Å²) < 4.78 is 92.1. The third-order valence-corrected chi connectivity index (χ3v) is 14.0. The average Bonchev–Trinajstić information content (AvgIpc) is 3.83. The predicted molar refractivity (Wildman–Crippen MR) is 175 cm³/mol. The van der Waals surface area contributed by atoms with Gasteiger partial charge in [-0.3, -0.25) is 4.98 Å². The zero-order valence-electron chi connectivity index (χ0n) is 25.1. The summed E-state index contributed by atoms with van der Waals surface area (Å²) in [5, 5.41) is -2.86. The molecule has 0 bridgehead atoms. The highest BCUT2D eigenvalue weighted by Gasteiger charge is 2.53. The van der Waals surface area contributed by atoms with Gasteiger partial charge in [0, 0.05) is 48.0 Å². The molecule has 4 aromatic rings. The van der Waals surface area contributed by atoms with Gasteiger partial charge in [-0.05, 0) is 73.7 Å². The van der Waals surface area contributed by atoms with E-state index in [1.165, 1.54) is 36.9 Å². The van der Waals surface area contributed by atoms with Gasteiger partial charge in [0.25, 0.3) is 0 Å². The largest absolute Gasteiger partial charge is 0.256 e. The zero-order chi connectivity index (χ0) is 32.7. The van der Waals surface area contributed by atoms with Gasteiger partial charge >= 0.3 is 0 Å². The minimum atomic E-state index is -4.28. The van der Waals surface area contributed by atoms with Crippen LogP contribution in [-0.2, 0) is 45.7 Å². The van der Waals surface area contributed by atoms with Crippen LogP contribution in [0.15, 0.2) is 83.9 Å². The van der Waals surface area contributed by atoms with Crippen LogP contribution in [0.2, 0.25) is 0 Å². The quantitative estimate of drug-likeness (QED) is 0.189. The first-order valence-corrected chi connectivity index (χ1v) is 19.8. The maximum absolute atomic E-state index is 17.0. The highest BCUT2D eigenvalue weighted by Crippen LogP contribution is 2.46. The highest BCUT2D eigenvalue weighted by molar-refractivity contribution is 7.93. The fraction of sp³-hybridized carbons (Fsp3) is 0.344. The number of aromatic nitrogens is 1. The van der Waals surface area contributed by atoms with Crippen LogP contribution in [0.4, 0.5) is 4.39 Å². The second kappa shape index (κ2) is 12.2. The first-order valence-electron chi connectivity index (χ1n) is 13.7. The molecule has 0 radical (unpaired) electrons. The van der Waals surface area contributed by atoms with E-state index in [9.17, 15) is 25.3 Å². The van der Waals surface area contributed by atoms with Gasteiger partial charge in [-0.1, -0.05) is 42.5 Å². The van der Waals surface area contributed by atoms with E-state index in [0.717, 1.165) is 11.6 Å². The van der Waals surface area contributed by atoms with Crippen molar-refractivity contribution in [2.24, 2.45) is 0 Å². The first-order chi connectivity index (χ1) is 20.4. The molecule has 1 unspecified atom stereocenters. The van der Waals surface area contributed by atoms with Crippen molar-refractivity contribution in [2.45, 2.75) is 53.0 Å². The Labute approximate surface area is 264 Å². The summed E-state index contributed by atoms with van der Waals surface area (Å²) in [7, 11) is -11.3. The monoisotopic (exact) mass is 679 g/mol. The van der Waals surface area contributed by atoms with Gasteiger partial charge in [-0.2, -0.15) is 0 Å². The Balaban J connectivity index is 0.00000216. The van der Waals surface area contributed by atoms with Crippen LogP contribution in [-0.4, -0.2) is 54.4 Å². The Morgan fingerprint density at radius 2 is 1.48 bits per heavy atom. The highest BCUT2D eigenvalue weighted by atomic mass is 35.5.